The molecule has 0 amide bonds. The Hall–Kier alpha value is -1.41. The maximum atomic E-state index is 12.7. The molecule has 0 aromatic carbocycles. The van der Waals surface area contributed by atoms with Crippen molar-refractivity contribution in [2.75, 3.05) is 19.6 Å². The minimum absolute atomic E-state index is 0.0439. The van der Waals surface area contributed by atoms with Crippen LogP contribution < -0.4 is 0 Å². The first-order chi connectivity index (χ1) is 10.9. The zero-order chi connectivity index (χ0) is 16.4. The number of rotatable bonds is 4. The van der Waals surface area contributed by atoms with Gasteiger partial charge in [-0.05, 0) is 32.7 Å². The highest BCUT2D eigenvalue weighted by Gasteiger charge is 2.34. The maximum Gasteiger partial charge on any atom is 0.432 e. The third kappa shape index (κ3) is 3.92. The van der Waals surface area contributed by atoms with Gasteiger partial charge in [0, 0.05) is 23.9 Å². The average molecular weight is 344 g/mol. The number of H-pyrrole nitrogens is 1. The molecule has 1 N–H and O–H groups in total. The normalized spacial score (nSPS) is 20.1. The lowest BCUT2D eigenvalue weighted by Gasteiger charge is -2.31. The molecule has 1 aliphatic heterocycles. The summed E-state index contributed by atoms with van der Waals surface area (Å²) in [6.07, 6.45) is -0.664. The number of aromatic nitrogens is 3. The Kier molecular flexibility index (Phi) is 4.72. The molecule has 23 heavy (non-hydrogen) atoms. The molecule has 0 unspecified atom stereocenters. The molecule has 2 aromatic heterocycles. The van der Waals surface area contributed by atoms with Crippen LogP contribution in [0.3, 0.4) is 0 Å². The fourth-order valence-corrected chi connectivity index (χ4v) is 3.77. The maximum absolute atomic E-state index is 12.7. The molecule has 2 aromatic rings. The number of aromatic amines is 1. The molecule has 1 fully saturated rings. The van der Waals surface area contributed by atoms with E-state index in [9.17, 15) is 13.2 Å². The minimum Gasteiger partial charge on any atom is -0.338 e. The van der Waals surface area contributed by atoms with E-state index < -0.39 is 11.9 Å². The molecule has 3 heterocycles. The third-order valence-electron chi connectivity index (χ3n) is 4.29. The zero-order valence-corrected chi connectivity index (χ0v) is 13.7. The van der Waals surface area contributed by atoms with Crippen LogP contribution in [0.5, 0.6) is 0 Å². The first kappa shape index (κ1) is 16.4. The van der Waals surface area contributed by atoms with Gasteiger partial charge in [0.1, 0.15) is 11.5 Å². The van der Waals surface area contributed by atoms with Crippen LogP contribution in [0.2, 0.25) is 0 Å². The molecular weight excluding hydrogens is 325 g/mol. The van der Waals surface area contributed by atoms with Crippen molar-refractivity contribution in [3.63, 3.8) is 0 Å². The molecule has 0 saturated carbocycles. The van der Waals surface area contributed by atoms with Crippen LogP contribution >= 0.6 is 11.3 Å². The van der Waals surface area contributed by atoms with Crippen molar-refractivity contribution in [2.45, 2.75) is 38.3 Å². The second-order valence-corrected chi connectivity index (χ2v) is 6.87. The molecule has 4 nitrogen and oxygen atoms in total. The van der Waals surface area contributed by atoms with Gasteiger partial charge in [-0.1, -0.05) is 0 Å². The smallest absolute Gasteiger partial charge is 0.338 e. The molecular formula is C15H19F3N4S. The Balaban J connectivity index is 1.60. The fraction of sp³-hybridized carbons (Fsp3) is 0.600. The van der Waals surface area contributed by atoms with E-state index in [1.54, 1.807) is 11.3 Å². The predicted molar refractivity (Wildman–Crippen MR) is 82.6 cm³/mol. The lowest BCUT2D eigenvalue weighted by Crippen LogP contribution is -2.36. The Labute approximate surface area is 136 Å². The van der Waals surface area contributed by atoms with Gasteiger partial charge in [0.05, 0.1) is 17.4 Å². The Morgan fingerprint density at radius 1 is 1.39 bits per heavy atom. The summed E-state index contributed by atoms with van der Waals surface area (Å²) in [7, 11) is 0. The average Bonchev–Trinajstić information content (AvgIpc) is 3.14. The van der Waals surface area contributed by atoms with E-state index in [4.69, 9.17) is 0 Å². The predicted octanol–water partition coefficient (Wildman–Crippen LogP) is 3.62. The van der Waals surface area contributed by atoms with Crippen LogP contribution in [0.25, 0.3) is 0 Å². The van der Waals surface area contributed by atoms with Crippen LogP contribution in [-0.2, 0) is 12.6 Å². The summed E-state index contributed by atoms with van der Waals surface area (Å²) in [6.45, 7) is 4.66. The van der Waals surface area contributed by atoms with E-state index in [-0.39, 0.29) is 5.92 Å². The summed E-state index contributed by atoms with van der Waals surface area (Å²) < 4.78 is 38.0. The number of aryl methyl sites for hydroxylation is 1. The largest absolute Gasteiger partial charge is 0.432 e. The summed E-state index contributed by atoms with van der Waals surface area (Å²) >= 11 is 1.66. The topological polar surface area (TPSA) is 44.8 Å². The summed E-state index contributed by atoms with van der Waals surface area (Å²) in [4.78, 5) is 14.2. The molecule has 0 spiro atoms. The number of hydrogen-bond acceptors (Lipinski definition) is 4. The Morgan fingerprint density at radius 2 is 2.22 bits per heavy atom. The van der Waals surface area contributed by atoms with Gasteiger partial charge in [-0.3, -0.25) is 0 Å². The van der Waals surface area contributed by atoms with E-state index in [0.717, 1.165) is 50.8 Å². The molecule has 1 saturated heterocycles. The van der Waals surface area contributed by atoms with Crippen molar-refractivity contribution in [1.82, 2.24) is 19.9 Å². The van der Waals surface area contributed by atoms with Crippen molar-refractivity contribution in [1.29, 1.82) is 0 Å². The summed E-state index contributed by atoms with van der Waals surface area (Å²) in [6, 6.07) is 0. The van der Waals surface area contributed by atoms with Gasteiger partial charge in [-0.2, -0.15) is 13.2 Å². The molecule has 0 radical (unpaired) electrons. The quantitative estimate of drug-likeness (QED) is 0.921. The first-order valence-electron chi connectivity index (χ1n) is 7.67. The molecule has 0 aliphatic carbocycles. The van der Waals surface area contributed by atoms with Crippen molar-refractivity contribution >= 4 is 11.3 Å². The van der Waals surface area contributed by atoms with Crippen LogP contribution in [0, 0.1) is 6.92 Å². The molecule has 1 aliphatic rings. The second-order valence-electron chi connectivity index (χ2n) is 5.93. The summed E-state index contributed by atoms with van der Waals surface area (Å²) in [5.74, 6) is 0.499. The van der Waals surface area contributed by atoms with E-state index in [1.807, 2.05) is 12.4 Å². The summed E-state index contributed by atoms with van der Waals surface area (Å²) in [5.41, 5.74) is 2.17. The lowest BCUT2D eigenvalue weighted by atomic mass is 9.97. The van der Waals surface area contributed by atoms with Crippen molar-refractivity contribution in [2.24, 2.45) is 0 Å². The number of likely N-dealkylation sites (tertiary alicyclic amines) is 1. The van der Waals surface area contributed by atoms with Gasteiger partial charge in [-0.25, -0.2) is 9.97 Å². The van der Waals surface area contributed by atoms with Crippen LogP contribution in [0.4, 0.5) is 13.2 Å². The Morgan fingerprint density at radius 3 is 2.87 bits per heavy atom. The molecule has 1 atom stereocenters. The molecule has 8 heteroatoms. The van der Waals surface area contributed by atoms with Gasteiger partial charge in [0.2, 0.25) is 0 Å². The van der Waals surface area contributed by atoms with Gasteiger partial charge >= 0.3 is 6.18 Å². The fourth-order valence-electron chi connectivity index (χ4n) is 3.00. The van der Waals surface area contributed by atoms with Crippen molar-refractivity contribution in [3.8, 4) is 0 Å². The van der Waals surface area contributed by atoms with Crippen LogP contribution in [0.15, 0.2) is 11.7 Å². The van der Waals surface area contributed by atoms with Crippen LogP contribution in [0.1, 0.15) is 40.8 Å². The molecule has 126 valence electrons. The SMILES string of the molecule is Cc1ncsc1CCN1CCC[C@@H](c2ncc(C(F)(F)F)[nH]2)C1. The van der Waals surface area contributed by atoms with Gasteiger partial charge in [0.15, 0.2) is 0 Å². The van der Waals surface area contributed by atoms with Gasteiger partial charge < -0.3 is 9.88 Å². The van der Waals surface area contributed by atoms with Crippen molar-refractivity contribution < 1.29 is 13.2 Å². The highest BCUT2D eigenvalue weighted by molar-refractivity contribution is 7.09. The number of imidazole rings is 1. The van der Waals surface area contributed by atoms with Gasteiger partial charge in [-0.15, -0.1) is 11.3 Å². The third-order valence-corrected chi connectivity index (χ3v) is 5.29. The minimum atomic E-state index is -4.36. The number of alkyl halides is 3. The van der Waals surface area contributed by atoms with E-state index in [0.29, 0.717) is 5.82 Å². The summed E-state index contributed by atoms with van der Waals surface area (Å²) in [5, 5.41) is 0. The number of halogens is 3. The molecule has 0 bridgehead atoms. The van der Waals surface area contributed by atoms with E-state index in [1.165, 1.54) is 4.88 Å². The Bertz CT molecular complexity index is 649. The van der Waals surface area contributed by atoms with E-state index in [2.05, 4.69) is 19.9 Å². The van der Waals surface area contributed by atoms with Gasteiger partial charge in [0.25, 0.3) is 0 Å². The standard InChI is InChI=1S/C15H19F3N4S/c1-10-12(23-9-20-10)4-6-22-5-2-3-11(8-22)14-19-7-13(21-14)15(16,17)18/h7,9,11H,2-6,8H2,1H3,(H,19,21)/t11-/m1/s1. The number of thiazole rings is 1. The lowest BCUT2D eigenvalue weighted by molar-refractivity contribution is -0.141. The first-order valence-corrected chi connectivity index (χ1v) is 8.55. The number of nitrogens with one attached hydrogen (secondary N) is 1. The number of piperidine rings is 1. The van der Waals surface area contributed by atoms with E-state index >= 15 is 0 Å². The number of hydrogen-bond donors (Lipinski definition) is 1. The molecule has 3 rings (SSSR count). The highest BCUT2D eigenvalue weighted by Crippen LogP contribution is 2.31. The second kappa shape index (κ2) is 6.60. The highest BCUT2D eigenvalue weighted by atomic mass is 32.1. The zero-order valence-electron chi connectivity index (χ0n) is 12.9. The van der Waals surface area contributed by atoms with Crippen LogP contribution in [-0.4, -0.2) is 39.5 Å². The monoisotopic (exact) mass is 344 g/mol. The van der Waals surface area contributed by atoms with Crippen molar-refractivity contribution in [3.05, 3.63) is 33.8 Å². The number of nitrogens with zero attached hydrogens (tertiary/aromatic N) is 3.